The number of amides is 2. The van der Waals surface area contributed by atoms with Crippen LogP contribution in [-0.4, -0.2) is 47.4 Å². The predicted molar refractivity (Wildman–Crippen MR) is 137 cm³/mol. The highest BCUT2D eigenvalue weighted by Crippen LogP contribution is 2.16. The summed E-state index contributed by atoms with van der Waals surface area (Å²) in [7, 11) is 0. The van der Waals surface area contributed by atoms with Crippen molar-refractivity contribution in [2.24, 2.45) is 0 Å². The first-order valence-corrected chi connectivity index (χ1v) is 12.0. The van der Waals surface area contributed by atoms with Gasteiger partial charge in [-0.2, -0.15) is 0 Å². The number of rotatable bonds is 12. The van der Waals surface area contributed by atoms with E-state index in [1.807, 2.05) is 42.5 Å². The van der Waals surface area contributed by atoms with Crippen LogP contribution in [0.4, 0.5) is 10.6 Å². The summed E-state index contributed by atoms with van der Waals surface area (Å²) < 4.78 is 5.36. The number of pyridine rings is 1. The molecule has 0 fully saturated rings. The van der Waals surface area contributed by atoms with Gasteiger partial charge in [-0.15, -0.1) is 0 Å². The fourth-order valence-corrected chi connectivity index (χ4v) is 3.76. The number of aliphatic hydroxyl groups is 1. The minimum Gasteiger partial charge on any atom is -0.447 e. The first-order valence-electron chi connectivity index (χ1n) is 11.6. The normalized spacial score (nSPS) is 12.7. The largest absolute Gasteiger partial charge is 0.447 e. The van der Waals surface area contributed by atoms with Crippen LogP contribution in [-0.2, 0) is 16.1 Å². The van der Waals surface area contributed by atoms with Gasteiger partial charge in [-0.25, -0.2) is 9.78 Å². The zero-order chi connectivity index (χ0) is 25.0. The van der Waals surface area contributed by atoms with Gasteiger partial charge in [0.2, 0.25) is 5.91 Å². The van der Waals surface area contributed by atoms with E-state index in [0.717, 1.165) is 16.3 Å². The van der Waals surface area contributed by atoms with Crippen LogP contribution in [0.5, 0.6) is 0 Å². The average molecular weight is 499 g/mol. The maximum atomic E-state index is 12.5. The number of hydrogen-bond acceptors (Lipinski definition) is 6. The molecule has 2 aromatic carbocycles. The average Bonchev–Trinajstić information content (AvgIpc) is 2.83. The van der Waals surface area contributed by atoms with Gasteiger partial charge in [0.25, 0.3) is 0 Å². The standard InChI is InChI=1S/C26H31ClN4O4/c1-18(32)7-6-11-22(30-25(33)16-28-14-21-10-4-5-12-23(21)27)17-35-26(34)31-24-13-19-8-2-3-9-20(19)15-29-24/h2-5,8-10,12-13,15,18,22,28,32H,6-7,11,14,16-17H2,1H3,(H,30,33)(H,29,31,34)/t18?,22-/m0/s1. The molecule has 0 aliphatic heterocycles. The van der Waals surface area contributed by atoms with E-state index >= 15 is 0 Å². The highest BCUT2D eigenvalue weighted by Gasteiger charge is 2.16. The number of fused-ring (bicyclic) bond motifs is 1. The summed E-state index contributed by atoms with van der Waals surface area (Å²) in [6.07, 6.45) is 2.41. The molecule has 1 aromatic heterocycles. The third kappa shape index (κ3) is 9.16. The van der Waals surface area contributed by atoms with Gasteiger partial charge in [0.15, 0.2) is 0 Å². The Balaban J connectivity index is 1.48. The Morgan fingerprint density at radius 1 is 1.09 bits per heavy atom. The molecule has 9 heteroatoms. The lowest BCUT2D eigenvalue weighted by molar-refractivity contribution is -0.121. The summed E-state index contributed by atoms with van der Waals surface area (Å²) in [6, 6.07) is 16.5. The monoisotopic (exact) mass is 498 g/mol. The van der Waals surface area contributed by atoms with Crippen molar-refractivity contribution in [2.75, 3.05) is 18.5 Å². The molecule has 35 heavy (non-hydrogen) atoms. The Labute approximate surface area is 210 Å². The lowest BCUT2D eigenvalue weighted by atomic mass is 10.1. The Hall–Kier alpha value is -3.20. The maximum absolute atomic E-state index is 12.5. The van der Waals surface area contributed by atoms with E-state index in [1.54, 1.807) is 25.3 Å². The van der Waals surface area contributed by atoms with Gasteiger partial charge in [-0.05, 0) is 49.3 Å². The number of halogens is 1. The molecule has 2 amide bonds. The zero-order valence-corrected chi connectivity index (χ0v) is 20.4. The summed E-state index contributed by atoms with van der Waals surface area (Å²) in [4.78, 5) is 29.0. The number of aromatic nitrogens is 1. The number of carbonyl (C=O) groups is 2. The molecule has 2 atom stereocenters. The van der Waals surface area contributed by atoms with E-state index in [9.17, 15) is 14.7 Å². The minimum absolute atomic E-state index is 0.00449. The fraction of sp³-hybridized carbons (Fsp3) is 0.346. The van der Waals surface area contributed by atoms with Crippen LogP contribution >= 0.6 is 11.6 Å². The van der Waals surface area contributed by atoms with E-state index in [0.29, 0.717) is 36.6 Å². The summed E-state index contributed by atoms with van der Waals surface area (Å²) in [6.45, 7) is 2.25. The Morgan fingerprint density at radius 2 is 1.83 bits per heavy atom. The fourth-order valence-electron chi connectivity index (χ4n) is 3.56. The molecule has 0 radical (unpaired) electrons. The topological polar surface area (TPSA) is 113 Å². The van der Waals surface area contributed by atoms with Crippen molar-refractivity contribution < 1.29 is 19.4 Å². The van der Waals surface area contributed by atoms with Gasteiger partial charge in [0.05, 0.1) is 18.7 Å². The molecule has 8 nitrogen and oxygen atoms in total. The second-order valence-electron chi connectivity index (χ2n) is 8.38. The SMILES string of the molecule is CC(O)CCC[C@@H](COC(=O)Nc1cc2ccccc2cn1)NC(=O)CNCc1ccccc1Cl. The highest BCUT2D eigenvalue weighted by molar-refractivity contribution is 6.31. The molecular weight excluding hydrogens is 468 g/mol. The van der Waals surface area contributed by atoms with E-state index < -0.39 is 18.2 Å². The quantitative estimate of drug-likeness (QED) is 0.297. The molecule has 186 valence electrons. The molecule has 0 bridgehead atoms. The van der Waals surface area contributed by atoms with Crippen LogP contribution in [0, 0.1) is 0 Å². The van der Waals surface area contributed by atoms with E-state index in [2.05, 4.69) is 20.9 Å². The molecule has 0 aliphatic carbocycles. The Morgan fingerprint density at radius 3 is 2.60 bits per heavy atom. The van der Waals surface area contributed by atoms with Gasteiger partial charge in [-0.1, -0.05) is 54.1 Å². The van der Waals surface area contributed by atoms with Crippen LogP contribution in [0.1, 0.15) is 31.7 Å². The predicted octanol–water partition coefficient (Wildman–Crippen LogP) is 4.26. The molecule has 0 aliphatic rings. The van der Waals surface area contributed by atoms with Crippen LogP contribution in [0.25, 0.3) is 10.8 Å². The highest BCUT2D eigenvalue weighted by atomic mass is 35.5. The number of hydrogen-bond donors (Lipinski definition) is 4. The lowest BCUT2D eigenvalue weighted by Crippen LogP contribution is -2.43. The van der Waals surface area contributed by atoms with Crippen molar-refractivity contribution in [3.05, 3.63) is 71.4 Å². The third-order valence-electron chi connectivity index (χ3n) is 5.38. The molecule has 0 saturated carbocycles. The van der Waals surface area contributed by atoms with Crippen molar-refractivity contribution in [2.45, 2.75) is 44.9 Å². The summed E-state index contributed by atoms with van der Waals surface area (Å²) in [5.74, 6) is 0.159. The van der Waals surface area contributed by atoms with E-state index in [1.165, 1.54) is 0 Å². The van der Waals surface area contributed by atoms with Gasteiger partial charge in [-0.3, -0.25) is 10.1 Å². The van der Waals surface area contributed by atoms with E-state index in [4.69, 9.17) is 16.3 Å². The van der Waals surface area contributed by atoms with Crippen LogP contribution in [0.3, 0.4) is 0 Å². The van der Waals surface area contributed by atoms with Crippen molar-refractivity contribution in [1.82, 2.24) is 15.6 Å². The molecule has 3 rings (SSSR count). The maximum Gasteiger partial charge on any atom is 0.412 e. The zero-order valence-electron chi connectivity index (χ0n) is 19.7. The number of carbonyl (C=O) groups excluding carboxylic acids is 2. The molecule has 4 N–H and O–H groups in total. The third-order valence-corrected chi connectivity index (χ3v) is 5.74. The molecule has 0 spiro atoms. The Kier molecular flexibility index (Phi) is 10.3. The number of anilines is 1. The number of aliphatic hydroxyl groups excluding tert-OH is 1. The van der Waals surface area contributed by atoms with Gasteiger partial charge in [0.1, 0.15) is 12.4 Å². The van der Waals surface area contributed by atoms with Crippen molar-refractivity contribution >= 4 is 40.2 Å². The van der Waals surface area contributed by atoms with Crippen LogP contribution < -0.4 is 16.0 Å². The number of nitrogens with zero attached hydrogens (tertiary/aromatic N) is 1. The van der Waals surface area contributed by atoms with E-state index in [-0.39, 0.29) is 19.1 Å². The molecule has 1 heterocycles. The first kappa shape index (κ1) is 26.4. The molecule has 3 aromatic rings. The van der Waals surface area contributed by atoms with Gasteiger partial charge in [0, 0.05) is 23.2 Å². The molecule has 1 unspecified atom stereocenters. The number of nitrogens with one attached hydrogen (secondary N) is 3. The molecule has 0 saturated heterocycles. The van der Waals surface area contributed by atoms with Crippen LogP contribution in [0.15, 0.2) is 60.8 Å². The lowest BCUT2D eigenvalue weighted by Gasteiger charge is -2.19. The van der Waals surface area contributed by atoms with Crippen molar-refractivity contribution in [3.63, 3.8) is 0 Å². The second kappa shape index (κ2) is 13.6. The first-order chi connectivity index (χ1) is 16.9. The van der Waals surface area contributed by atoms with Gasteiger partial charge < -0.3 is 20.5 Å². The Bertz CT molecular complexity index is 1130. The van der Waals surface area contributed by atoms with Crippen molar-refractivity contribution in [3.8, 4) is 0 Å². The number of ether oxygens (including phenoxy) is 1. The summed E-state index contributed by atoms with van der Waals surface area (Å²) in [5, 5.41) is 20.7. The summed E-state index contributed by atoms with van der Waals surface area (Å²) in [5.41, 5.74) is 0.901. The van der Waals surface area contributed by atoms with Gasteiger partial charge >= 0.3 is 6.09 Å². The smallest absolute Gasteiger partial charge is 0.412 e. The minimum atomic E-state index is -0.653. The second-order valence-corrected chi connectivity index (χ2v) is 8.79. The summed E-state index contributed by atoms with van der Waals surface area (Å²) >= 11 is 6.14. The molecular formula is C26H31ClN4O4. The van der Waals surface area contributed by atoms with Crippen molar-refractivity contribution in [1.29, 1.82) is 0 Å². The number of benzene rings is 2. The van der Waals surface area contributed by atoms with Crippen LogP contribution in [0.2, 0.25) is 5.02 Å².